The molecule has 6 heteroatoms. The molecule has 0 spiro atoms. The molecule has 0 fully saturated rings. The van der Waals surface area contributed by atoms with Crippen molar-refractivity contribution in [3.05, 3.63) is 11.2 Å². The fourth-order valence-corrected chi connectivity index (χ4v) is 2.22. The Balaban J connectivity index is 2.33. The van der Waals surface area contributed by atoms with Gasteiger partial charge in [-0.1, -0.05) is 20.8 Å². The zero-order valence-corrected chi connectivity index (χ0v) is 12.5. The molecule has 0 bridgehead atoms. The lowest BCUT2D eigenvalue weighted by molar-refractivity contribution is 0.306. The second kappa shape index (κ2) is 4.12. The van der Waals surface area contributed by atoms with Crippen molar-refractivity contribution in [3.63, 3.8) is 0 Å². The zero-order chi connectivity index (χ0) is 13.6. The average molecular weight is 265 g/mol. The normalized spacial score (nSPS) is 13.0. The summed E-state index contributed by atoms with van der Waals surface area (Å²) in [4.78, 5) is 7.04. The van der Waals surface area contributed by atoms with Crippen molar-refractivity contribution in [2.45, 2.75) is 52.5 Å². The molecule has 5 nitrogen and oxygen atoms in total. The first-order chi connectivity index (χ1) is 8.18. The zero-order valence-electron chi connectivity index (χ0n) is 11.7. The van der Waals surface area contributed by atoms with Crippen LogP contribution in [0.1, 0.15) is 46.6 Å². The summed E-state index contributed by atoms with van der Waals surface area (Å²) in [5.41, 5.74) is -0.0915. The Bertz CT molecular complexity index is 491. The summed E-state index contributed by atoms with van der Waals surface area (Å²) < 4.78 is 0. The van der Waals surface area contributed by atoms with Crippen LogP contribution < -0.4 is 0 Å². The second-order valence-corrected chi connectivity index (χ2v) is 7.38. The van der Waals surface area contributed by atoms with Crippen molar-refractivity contribution in [3.8, 4) is 10.7 Å². The summed E-state index contributed by atoms with van der Waals surface area (Å²) in [7, 11) is 0. The standard InChI is InChI=1S/C12H19N5S/c1-11(2,3)10-13-7-8(18-10)9-14-16-17(15-9)12(4,5)6/h7H,1-6H3. The Kier molecular flexibility index (Phi) is 3.01. The Morgan fingerprint density at radius 1 is 1.11 bits per heavy atom. The Morgan fingerprint density at radius 2 is 1.78 bits per heavy atom. The maximum Gasteiger partial charge on any atom is 0.216 e. The van der Waals surface area contributed by atoms with Crippen LogP contribution in [0.2, 0.25) is 0 Å². The molecule has 2 rings (SSSR count). The highest BCUT2D eigenvalue weighted by Gasteiger charge is 2.22. The molecule has 2 heterocycles. The minimum Gasteiger partial charge on any atom is -0.248 e. The van der Waals surface area contributed by atoms with Gasteiger partial charge in [-0.05, 0) is 26.0 Å². The number of rotatable bonds is 1. The molecule has 0 aliphatic heterocycles. The molecule has 0 aliphatic carbocycles. The lowest BCUT2D eigenvalue weighted by atomic mass is 9.98. The molecular formula is C12H19N5S. The Hall–Kier alpha value is -1.30. The van der Waals surface area contributed by atoms with Gasteiger partial charge in [0.15, 0.2) is 0 Å². The van der Waals surface area contributed by atoms with Crippen LogP contribution in [-0.2, 0) is 11.0 Å². The minimum atomic E-state index is -0.150. The van der Waals surface area contributed by atoms with E-state index < -0.39 is 0 Å². The number of aromatic nitrogens is 5. The van der Waals surface area contributed by atoms with Crippen LogP contribution in [0.25, 0.3) is 10.7 Å². The van der Waals surface area contributed by atoms with Crippen molar-refractivity contribution in [2.24, 2.45) is 0 Å². The van der Waals surface area contributed by atoms with Gasteiger partial charge in [0.2, 0.25) is 5.82 Å². The van der Waals surface area contributed by atoms with Crippen LogP contribution in [-0.4, -0.2) is 25.2 Å². The first kappa shape index (κ1) is 13.1. The van der Waals surface area contributed by atoms with E-state index in [9.17, 15) is 0 Å². The predicted octanol–water partition coefficient (Wildman–Crippen LogP) is 2.85. The van der Waals surface area contributed by atoms with Crippen LogP contribution in [0.4, 0.5) is 0 Å². The van der Waals surface area contributed by atoms with E-state index in [0.717, 1.165) is 9.88 Å². The summed E-state index contributed by atoms with van der Waals surface area (Å²) in [5, 5.41) is 13.7. The van der Waals surface area contributed by atoms with E-state index in [0.29, 0.717) is 5.82 Å². The molecule has 0 unspecified atom stereocenters. The molecular weight excluding hydrogens is 246 g/mol. The van der Waals surface area contributed by atoms with E-state index in [1.54, 1.807) is 16.1 Å². The smallest absolute Gasteiger partial charge is 0.216 e. The van der Waals surface area contributed by atoms with Gasteiger partial charge in [0.25, 0.3) is 0 Å². The van der Waals surface area contributed by atoms with Crippen LogP contribution >= 0.6 is 11.3 Å². The Morgan fingerprint density at radius 3 is 2.22 bits per heavy atom. The molecule has 18 heavy (non-hydrogen) atoms. The minimum absolute atomic E-state index is 0.0585. The molecule has 0 N–H and O–H groups in total. The van der Waals surface area contributed by atoms with Crippen LogP contribution in [0, 0.1) is 0 Å². The third-order valence-electron chi connectivity index (χ3n) is 2.38. The van der Waals surface area contributed by atoms with Crippen molar-refractivity contribution >= 4 is 11.3 Å². The number of hydrogen-bond acceptors (Lipinski definition) is 5. The van der Waals surface area contributed by atoms with Gasteiger partial charge in [-0.3, -0.25) is 0 Å². The quantitative estimate of drug-likeness (QED) is 0.795. The van der Waals surface area contributed by atoms with E-state index in [4.69, 9.17) is 0 Å². The molecule has 0 saturated heterocycles. The third kappa shape index (κ3) is 2.58. The highest BCUT2D eigenvalue weighted by molar-refractivity contribution is 7.15. The highest BCUT2D eigenvalue weighted by Crippen LogP contribution is 2.31. The van der Waals surface area contributed by atoms with E-state index in [1.165, 1.54) is 0 Å². The van der Waals surface area contributed by atoms with Gasteiger partial charge in [0.1, 0.15) is 0 Å². The predicted molar refractivity (Wildman–Crippen MR) is 72.6 cm³/mol. The van der Waals surface area contributed by atoms with Gasteiger partial charge < -0.3 is 0 Å². The summed E-state index contributed by atoms with van der Waals surface area (Å²) in [6.45, 7) is 12.6. The molecule has 0 amide bonds. The molecule has 0 atom stereocenters. The average Bonchev–Trinajstić information content (AvgIpc) is 2.84. The molecule has 0 aliphatic rings. The van der Waals surface area contributed by atoms with Gasteiger partial charge >= 0.3 is 0 Å². The van der Waals surface area contributed by atoms with Gasteiger partial charge in [-0.15, -0.1) is 21.5 Å². The first-order valence-corrected chi connectivity index (χ1v) is 6.77. The van der Waals surface area contributed by atoms with Gasteiger partial charge in [0.05, 0.1) is 15.4 Å². The van der Waals surface area contributed by atoms with Crippen molar-refractivity contribution in [2.75, 3.05) is 0 Å². The van der Waals surface area contributed by atoms with Crippen LogP contribution in [0.3, 0.4) is 0 Å². The summed E-state index contributed by atoms with van der Waals surface area (Å²) >= 11 is 1.63. The van der Waals surface area contributed by atoms with Crippen LogP contribution in [0.5, 0.6) is 0 Å². The number of nitrogens with zero attached hydrogens (tertiary/aromatic N) is 5. The fourth-order valence-electron chi connectivity index (χ4n) is 1.32. The van der Waals surface area contributed by atoms with Crippen molar-refractivity contribution in [1.82, 2.24) is 25.2 Å². The molecule has 98 valence electrons. The SMILES string of the molecule is CC(C)(C)c1ncc(-c2nnn(C(C)(C)C)n2)s1. The van der Waals surface area contributed by atoms with Crippen molar-refractivity contribution in [1.29, 1.82) is 0 Å². The molecule has 2 aromatic heterocycles. The lowest BCUT2D eigenvalue weighted by Crippen LogP contribution is -2.24. The van der Waals surface area contributed by atoms with Gasteiger partial charge in [-0.25, -0.2) is 4.98 Å². The molecule has 2 aromatic rings. The van der Waals surface area contributed by atoms with Gasteiger partial charge in [0, 0.05) is 11.6 Å². The fraction of sp³-hybridized carbons (Fsp3) is 0.667. The largest absolute Gasteiger partial charge is 0.248 e. The molecule has 0 aromatic carbocycles. The maximum absolute atomic E-state index is 4.44. The number of tetrazole rings is 1. The van der Waals surface area contributed by atoms with E-state index >= 15 is 0 Å². The summed E-state index contributed by atoms with van der Waals surface area (Å²) in [6.07, 6.45) is 1.83. The lowest BCUT2D eigenvalue weighted by Gasteiger charge is -2.15. The topological polar surface area (TPSA) is 56.5 Å². The number of thiazole rings is 1. The van der Waals surface area contributed by atoms with E-state index in [2.05, 4.69) is 41.2 Å². The summed E-state index contributed by atoms with van der Waals surface area (Å²) in [6, 6.07) is 0. The van der Waals surface area contributed by atoms with E-state index in [1.807, 2.05) is 27.0 Å². The van der Waals surface area contributed by atoms with Crippen LogP contribution in [0.15, 0.2) is 6.20 Å². The number of hydrogen-bond donors (Lipinski definition) is 0. The summed E-state index contributed by atoms with van der Waals surface area (Å²) in [5.74, 6) is 0.651. The second-order valence-electron chi connectivity index (χ2n) is 6.35. The van der Waals surface area contributed by atoms with Gasteiger partial charge in [-0.2, -0.15) is 4.80 Å². The Labute approximate surface area is 111 Å². The third-order valence-corrected chi connectivity index (χ3v) is 3.80. The monoisotopic (exact) mass is 265 g/mol. The highest BCUT2D eigenvalue weighted by atomic mass is 32.1. The molecule has 0 radical (unpaired) electrons. The maximum atomic E-state index is 4.44. The first-order valence-electron chi connectivity index (χ1n) is 5.95. The molecule has 0 saturated carbocycles. The van der Waals surface area contributed by atoms with E-state index in [-0.39, 0.29) is 11.0 Å². The van der Waals surface area contributed by atoms with Crippen molar-refractivity contribution < 1.29 is 0 Å².